The minimum Gasteiger partial charge on any atom is -0.378 e. The molecule has 2 unspecified atom stereocenters. The first-order valence-corrected chi connectivity index (χ1v) is 7.79. The second-order valence-corrected chi connectivity index (χ2v) is 6.53. The lowest BCUT2D eigenvalue weighted by Gasteiger charge is -2.36. The topological polar surface area (TPSA) is 35.5 Å². The van der Waals surface area contributed by atoms with Gasteiger partial charge in [-0.1, -0.05) is 18.2 Å². The third kappa shape index (κ3) is 2.71. The van der Waals surface area contributed by atoms with E-state index < -0.39 is 0 Å². The molecule has 3 rings (SSSR count). The highest BCUT2D eigenvalue weighted by molar-refractivity contribution is 14.1. The van der Waals surface area contributed by atoms with Crippen molar-refractivity contribution in [3.8, 4) is 0 Å². The summed E-state index contributed by atoms with van der Waals surface area (Å²) in [5.41, 5.74) is 0.655. The smallest absolute Gasteiger partial charge is 0.167 e. The maximum Gasteiger partial charge on any atom is 0.167 e. The van der Waals surface area contributed by atoms with Crippen LogP contribution in [0.1, 0.15) is 29.6 Å². The summed E-state index contributed by atoms with van der Waals surface area (Å²) in [4.78, 5) is 12.7. The molecule has 3 nitrogen and oxygen atoms in total. The predicted molar refractivity (Wildman–Crippen MR) is 80.3 cm³/mol. The molecule has 4 heteroatoms. The van der Waals surface area contributed by atoms with E-state index in [1.807, 2.05) is 24.3 Å². The van der Waals surface area contributed by atoms with Crippen LogP contribution in [0.15, 0.2) is 24.3 Å². The number of ether oxygens (including phenoxy) is 2. The van der Waals surface area contributed by atoms with Crippen LogP contribution in [0.25, 0.3) is 0 Å². The molecule has 19 heavy (non-hydrogen) atoms. The van der Waals surface area contributed by atoms with E-state index >= 15 is 0 Å². The second kappa shape index (κ2) is 5.50. The molecule has 1 aromatic carbocycles. The molecule has 0 saturated carbocycles. The van der Waals surface area contributed by atoms with Crippen LogP contribution in [0.4, 0.5) is 0 Å². The quantitative estimate of drug-likeness (QED) is 0.592. The summed E-state index contributed by atoms with van der Waals surface area (Å²) in [6.07, 6.45) is 2.55. The van der Waals surface area contributed by atoms with E-state index in [-0.39, 0.29) is 17.3 Å². The number of carbonyl (C=O) groups is 1. The molecule has 0 aromatic heterocycles. The van der Waals surface area contributed by atoms with Gasteiger partial charge in [-0.2, -0.15) is 0 Å². The Labute approximate surface area is 126 Å². The molecule has 2 fully saturated rings. The zero-order chi connectivity index (χ0) is 13.3. The Morgan fingerprint density at radius 1 is 1.32 bits per heavy atom. The van der Waals surface area contributed by atoms with E-state index in [9.17, 15) is 4.79 Å². The first-order valence-electron chi connectivity index (χ1n) is 6.71. The minimum atomic E-state index is -0.196. The number of hydrogen-bond acceptors (Lipinski definition) is 3. The van der Waals surface area contributed by atoms with Crippen LogP contribution in [-0.4, -0.2) is 31.2 Å². The Hall–Kier alpha value is -0.460. The van der Waals surface area contributed by atoms with Crippen molar-refractivity contribution in [1.82, 2.24) is 0 Å². The molecule has 1 aromatic rings. The van der Waals surface area contributed by atoms with Gasteiger partial charge in [-0.3, -0.25) is 4.79 Å². The van der Waals surface area contributed by atoms with Crippen LogP contribution in [0.3, 0.4) is 0 Å². The third-order valence-corrected chi connectivity index (χ3v) is 5.01. The molecule has 102 valence electrons. The van der Waals surface area contributed by atoms with Gasteiger partial charge < -0.3 is 9.47 Å². The van der Waals surface area contributed by atoms with Crippen molar-refractivity contribution in [2.75, 3.05) is 19.8 Å². The van der Waals surface area contributed by atoms with E-state index in [1.165, 1.54) is 0 Å². The van der Waals surface area contributed by atoms with Crippen molar-refractivity contribution in [3.63, 3.8) is 0 Å². The van der Waals surface area contributed by atoms with Crippen molar-refractivity contribution in [2.24, 2.45) is 5.92 Å². The van der Waals surface area contributed by atoms with E-state index in [4.69, 9.17) is 9.47 Å². The van der Waals surface area contributed by atoms with Crippen LogP contribution in [0, 0.1) is 9.49 Å². The van der Waals surface area contributed by atoms with Gasteiger partial charge in [-0.05, 0) is 41.5 Å². The van der Waals surface area contributed by atoms with Gasteiger partial charge >= 0.3 is 0 Å². The number of benzene rings is 1. The molecular formula is C15H17IO3. The average molecular weight is 372 g/mol. The summed E-state index contributed by atoms with van der Waals surface area (Å²) in [7, 11) is 0. The highest BCUT2D eigenvalue weighted by Crippen LogP contribution is 2.37. The summed E-state index contributed by atoms with van der Waals surface area (Å²) >= 11 is 2.23. The van der Waals surface area contributed by atoms with Crippen LogP contribution >= 0.6 is 22.6 Å². The zero-order valence-electron chi connectivity index (χ0n) is 10.7. The third-order valence-electron chi connectivity index (χ3n) is 4.07. The zero-order valence-corrected chi connectivity index (χ0v) is 12.9. The molecule has 0 bridgehead atoms. The van der Waals surface area contributed by atoms with Gasteiger partial charge in [0.2, 0.25) is 0 Å². The first-order chi connectivity index (χ1) is 9.20. The molecule has 2 aliphatic heterocycles. The van der Waals surface area contributed by atoms with Gasteiger partial charge in [-0.15, -0.1) is 0 Å². The molecule has 0 amide bonds. The van der Waals surface area contributed by atoms with E-state index in [0.717, 1.165) is 35.0 Å². The number of carbonyl (C=O) groups excluding carboxylic acids is 1. The molecule has 2 saturated heterocycles. The number of rotatable bonds is 2. The molecule has 0 N–H and O–H groups in total. The van der Waals surface area contributed by atoms with Gasteiger partial charge in [0.25, 0.3) is 0 Å². The fraction of sp³-hybridized carbons (Fsp3) is 0.533. The molecule has 2 heterocycles. The van der Waals surface area contributed by atoms with E-state index in [2.05, 4.69) is 22.6 Å². The molecular weight excluding hydrogens is 355 g/mol. The van der Waals surface area contributed by atoms with E-state index in [1.54, 1.807) is 0 Å². The minimum absolute atomic E-state index is 0.0753. The van der Waals surface area contributed by atoms with Gasteiger partial charge in [0.05, 0.1) is 12.2 Å². The Balaban J connectivity index is 1.78. The van der Waals surface area contributed by atoms with Crippen LogP contribution in [0.2, 0.25) is 0 Å². The standard InChI is InChI=1S/C15H17IO3/c16-13-4-2-1-3-12(13)14(17)11-5-7-19-15(9-11)6-8-18-10-15/h1-4,11H,5-10H2. The molecule has 0 aliphatic carbocycles. The Morgan fingerprint density at radius 3 is 2.89 bits per heavy atom. The summed E-state index contributed by atoms with van der Waals surface area (Å²) in [6, 6.07) is 7.82. The van der Waals surface area contributed by atoms with Crippen molar-refractivity contribution in [2.45, 2.75) is 24.9 Å². The molecule has 2 aliphatic rings. The highest BCUT2D eigenvalue weighted by Gasteiger charge is 2.43. The summed E-state index contributed by atoms with van der Waals surface area (Å²) < 4.78 is 12.4. The normalized spacial score (nSPS) is 30.7. The van der Waals surface area contributed by atoms with Crippen molar-refractivity contribution in [3.05, 3.63) is 33.4 Å². The lowest BCUT2D eigenvalue weighted by Crippen LogP contribution is -2.42. The monoisotopic (exact) mass is 372 g/mol. The summed E-state index contributed by atoms with van der Waals surface area (Å²) in [5, 5.41) is 0. The fourth-order valence-corrected chi connectivity index (χ4v) is 3.65. The van der Waals surface area contributed by atoms with Crippen molar-refractivity contribution in [1.29, 1.82) is 0 Å². The average Bonchev–Trinajstić information content (AvgIpc) is 2.86. The Bertz CT molecular complexity index is 480. The number of halogens is 1. The number of Topliss-reactive ketones (excluding diaryl/α,β-unsaturated/α-hetero) is 1. The predicted octanol–water partition coefficient (Wildman–Crippen LogP) is 3.06. The van der Waals surface area contributed by atoms with Gasteiger partial charge in [-0.25, -0.2) is 0 Å². The number of hydrogen-bond donors (Lipinski definition) is 0. The first kappa shape index (κ1) is 13.5. The maximum atomic E-state index is 12.7. The SMILES string of the molecule is O=C(c1ccccc1I)C1CCOC2(CCOC2)C1. The largest absolute Gasteiger partial charge is 0.378 e. The second-order valence-electron chi connectivity index (χ2n) is 5.37. The Kier molecular flexibility index (Phi) is 3.91. The maximum absolute atomic E-state index is 12.7. The van der Waals surface area contributed by atoms with Crippen molar-refractivity contribution < 1.29 is 14.3 Å². The van der Waals surface area contributed by atoms with Gasteiger partial charge in [0, 0.05) is 34.7 Å². The molecule has 0 radical (unpaired) electrons. The van der Waals surface area contributed by atoms with E-state index in [0.29, 0.717) is 13.2 Å². The lowest BCUT2D eigenvalue weighted by atomic mass is 9.81. The van der Waals surface area contributed by atoms with Gasteiger partial charge in [0.1, 0.15) is 0 Å². The lowest BCUT2D eigenvalue weighted by molar-refractivity contribution is -0.0920. The summed E-state index contributed by atoms with van der Waals surface area (Å²) in [6.45, 7) is 2.07. The number of ketones is 1. The van der Waals surface area contributed by atoms with Gasteiger partial charge in [0.15, 0.2) is 5.78 Å². The fourth-order valence-electron chi connectivity index (χ4n) is 3.00. The van der Waals surface area contributed by atoms with Crippen molar-refractivity contribution >= 4 is 28.4 Å². The van der Waals surface area contributed by atoms with Crippen LogP contribution in [0.5, 0.6) is 0 Å². The van der Waals surface area contributed by atoms with Crippen LogP contribution in [-0.2, 0) is 9.47 Å². The highest BCUT2D eigenvalue weighted by atomic mass is 127. The molecule has 2 atom stereocenters. The molecule has 1 spiro atoms. The van der Waals surface area contributed by atoms with Crippen LogP contribution < -0.4 is 0 Å². The Morgan fingerprint density at radius 2 is 2.16 bits per heavy atom. The summed E-state index contributed by atoms with van der Waals surface area (Å²) in [5.74, 6) is 0.339.